The summed E-state index contributed by atoms with van der Waals surface area (Å²) < 4.78 is 1.93. The van der Waals surface area contributed by atoms with Gasteiger partial charge in [0, 0.05) is 23.4 Å². The minimum atomic E-state index is -0.0241. The van der Waals surface area contributed by atoms with Crippen molar-refractivity contribution in [2.45, 2.75) is 13.8 Å². The molecule has 0 amide bonds. The van der Waals surface area contributed by atoms with Gasteiger partial charge < -0.3 is 4.57 Å². The van der Waals surface area contributed by atoms with Crippen LogP contribution < -0.4 is 5.43 Å². The standard InChI is InChI=1S/C17H15NO2/c1-10-8-13(11(2)19)16-14(9-10)17(20)12-6-4-5-7-15(12)18(16)3/h4-9H,1-3H3. The predicted molar refractivity (Wildman–Crippen MR) is 81.4 cm³/mol. The number of benzene rings is 2. The Balaban J connectivity index is 2.70. The fraction of sp³-hybridized carbons (Fsp3) is 0.176. The molecule has 0 atom stereocenters. The molecule has 1 aromatic heterocycles. The summed E-state index contributed by atoms with van der Waals surface area (Å²) in [5, 5.41) is 1.29. The van der Waals surface area contributed by atoms with E-state index in [1.54, 1.807) is 0 Å². The van der Waals surface area contributed by atoms with Crippen LogP contribution in [0.1, 0.15) is 22.8 Å². The Kier molecular flexibility index (Phi) is 2.71. The number of carbonyl (C=O) groups is 1. The molecule has 0 aliphatic rings. The maximum absolute atomic E-state index is 12.6. The first-order valence-electron chi connectivity index (χ1n) is 6.53. The normalized spacial score (nSPS) is 11.2. The van der Waals surface area contributed by atoms with Gasteiger partial charge in [0.15, 0.2) is 11.2 Å². The largest absolute Gasteiger partial charge is 0.343 e. The van der Waals surface area contributed by atoms with Gasteiger partial charge in [0.2, 0.25) is 0 Å². The highest BCUT2D eigenvalue weighted by Crippen LogP contribution is 2.23. The van der Waals surface area contributed by atoms with E-state index in [1.165, 1.54) is 6.92 Å². The van der Waals surface area contributed by atoms with Crippen LogP contribution in [0, 0.1) is 6.92 Å². The summed E-state index contributed by atoms with van der Waals surface area (Å²) in [5.74, 6) is -0.0241. The van der Waals surface area contributed by atoms with Gasteiger partial charge in [-0.3, -0.25) is 9.59 Å². The Morgan fingerprint density at radius 3 is 2.50 bits per heavy atom. The number of para-hydroxylation sites is 1. The van der Waals surface area contributed by atoms with Gasteiger partial charge >= 0.3 is 0 Å². The second kappa shape index (κ2) is 4.30. The summed E-state index contributed by atoms with van der Waals surface area (Å²) in [7, 11) is 1.89. The van der Waals surface area contributed by atoms with E-state index in [9.17, 15) is 9.59 Å². The maximum Gasteiger partial charge on any atom is 0.197 e. The second-order valence-electron chi connectivity index (χ2n) is 5.17. The quantitative estimate of drug-likeness (QED) is 0.500. The zero-order valence-electron chi connectivity index (χ0n) is 11.7. The fourth-order valence-electron chi connectivity index (χ4n) is 2.81. The second-order valence-corrected chi connectivity index (χ2v) is 5.17. The van der Waals surface area contributed by atoms with Crippen molar-refractivity contribution in [2.24, 2.45) is 7.05 Å². The van der Waals surface area contributed by atoms with Crippen LogP contribution in [-0.2, 0) is 7.05 Å². The first kappa shape index (κ1) is 12.6. The molecule has 0 aliphatic heterocycles. The van der Waals surface area contributed by atoms with Crippen LogP contribution in [0.2, 0.25) is 0 Å². The lowest BCUT2D eigenvalue weighted by Crippen LogP contribution is -2.12. The van der Waals surface area contributed by atoms with Crippen LogP contribution in [0.25, 0.3) is 21.8 Å². The van der Waals surface area contributed by atoms with Crippen LogP contribution in [-0.4, -0.2) is 10.4 Å². The van der Waals surface area contributed by atoms with Crippen molar-refractivity contribution in [3.05, 3.63) is 57.7 Å². The molecule has 0 saturated carbocycles. The zero-order valence-corrected chi connectivity index (χ0v) is 11.7. The van der Waals surface area contributed by atoms with E-state index in [4.69, 9.17) is 0 Å². The summed E-state index contributed by atoms with van der Waals surface area (Å²) in [6.45, 7) is 3.44. The van der Waals surface area contributed by atoms with E-state index < -0.39 is 0 Å². The van der Waals surface area contributed by atoms with Gasteiger partial charge in [-0.25, -0.2) is 0 Å². The third kappa shape index (κ3) is 1.67. The Morgan fingerprint density at radius 1 is 1.10 bits per heavy atom. The molecule has 2 aromatic carbocycles. The molecule has 100 valence electrons. The molecule has 0 saturated heterocycles. The first-order valence-corrected chi connectivity index (χ1v) is 6.53. The van der Waals surface area contributed by atoms with E-state index in [2.05, 4.69) is 0 Å². The van der Waals surface area contributed by atoms with Gasteiger partial charge in [0.05, 0.1) is 11.0 Å². The highest BCUT2D eigenvalue weighted by molar-refractivity contribution is 6.08. The Labute approximate surface area is 116 Å². The summed E-state index contributed by atoms with van der Waals surface area (Å²) in [6.07, 6.45) is 0. The third-order valence-corrected chi connectivity index (χ3v) is 3.72. The lowest BCUT2D eigenvalue weighted by atomic mass is 10.0. The fourth-order valence-corrected chi connectivity index (χ4v) is 2.81. The minimum Gasteiger partial charge on any atom is -0.343 e. The van der Waals surface area contributed by atoms with Gasteiger partial charge in [0.25, 0.3) is 0 Å². The van der Waals surface area contributed by atoms with Crippen molar-refractivity contribution in [1.82, 2.24) is 4.57 Å². The third-order valence-electron chi connectivity index (χ3n) is 3.72. The molecule has 20 heavy (non-hydrogen) atoms. The van der Waals surface area contributed by atoms with Gasteiger partial charge in [0.1, 0.15) is 0 Å². The highest BCUT2D eigenvalue weighted by atomic mass is 16.1. The minimum absolute atomic E-state index is 0.0140. The summed E-state index contributed by atoms with van der Waals surface area (Å²) in [5.41, 5.74) is 3.07. The lowest BCUT2D eigenvalue weighted by molar-refractivity contribution is 0.101. The van der Waals surface area contributed by atoms with E-state index in [0.717, 1.165) is 11.1 Å². The number of aryl methyl sites for hydroxylation is 2. The van der Waals surface area contributed by atoms with E-state index in [1.807, 2.05) is 54.9 Å². The monoisotopic (exact) mass is 265 g/mol. The van der Waals surface area contributed by atoms with Gasteiger partial charge in [-0.1, -0.05) is 12.1 Å². The number of pyridine rings is 1. The molecule has 1 heterocycles. The molecule has 0 radical (unpaired) electrons. The number of Topliss-reactive ketones (excluding diaryl/α,β-unsaturated/α-hetero) is 1. The number of carbonyl (C=O) groups excluding carboxylic acids is 1. The van der Waals surface area contributed by atoms with Crippen LogP contribution in [0.3, 0.4) is 0 Å². The molecule has 0 aliphatic carbocycles. The van der Waals surface area contributed by atoms with Crippen molar-refractivity contribution < 1.29 is 4.79 Å². The number of fused-ring (bicyclic) bond motifs is 2. The molecule has 3 aromatic rings. The highest BCUT2D eigenvalue weighted by Gasteiger charge is 2.14. The van der Waals surface area contributed by atoms with E-state index in [-0.39, 0.29) is 11.2 Å². The average Bonchev–Trinajstić information content (AvgIpc) is 2.43. The molecule has 0 unspecified atom stereocenters. The average molecular weight is 265 g/mol. The zero-order chi connectivity index (χ0) is 14.4. The first-order chi connectivity index (χ1) is 9.50. The Hall–Kier alpha value is -2.42. The van der Waals surface area contributed by atoms with Crippen LogP contribution >= 0.6 is 0 Å². The molecule has 3 rings (SSSR count). The summed E-state index contributed by atoms with van der Waals surface area (Å²) >= 11 is 0. The maximum atomic E-state index is 12.6. The van der Waals surface area contributed by atoms with Crippen molar-refractivity contribution in [2.75, 3.05) is 0 Å². The number of aromatic nitrogens is 1. The van der Waals surface area contributed by atoms with Gasteiger partial charge in [-0.2, -0.15) is 0 Å². The predicted octanol–water partition coefficient (Wildman–Crippen LogP) is 3.20. The Bertz CT molecular complexity index is 920. The molecule has 0 N–H and O–H groups in total. The summed E-state index contributed by atoms with van der Waals surface area (Å²) in [6, 6.07) is 11.2. The number of hydrogen-bond donors (Lipinski definition) is 0. The van der Waals surface area contributed by atoms with Crippen LogP contribution in [0.5, 0.6) is 0 Å². The van der Waals surface area contributed by atoms with E-state index in [0.29, 0.717) is 21.9 Å². The van der Waals surface area contributed by atoms with Crippen molar-refractivity contribution >= 4 is 27.6 Å². The molecule has 0 spiro atoms. The van der Waals surface area contributed by atoms with Crippen molar-refractivity contribution in [3.8, 4) is 0 Å². The number of nitrogens with zero attached hydrogens (tertiary/aromatic N) is 1. The Morgan fingerprint density at radius 2 is 1.80 bits per heavy atom. The van der Waals surface area contributed by atoms with Gasteiger partial charge in [-0.05, 0) is 43.7 Å². The number of ketones is 1. The lowest BCUT2D eigenvalue weighted by Gasteiger charge is -2.13. The van der Waals surface area contributed by atoms with E-state index >= 15 is 0 Å². The molecular weight excluding hydrogens is 250 g/mol. The van der Waals surface area contributed by atoms with Gasteiger partial charge in [-0.15, -0.1) is 0 Å². The molecule has 0 bridgehead atoms. The van der Waals surface area contributed by atoms with Crippen molar-refractivity contribution in [1.29, 1.82) is 0 Å². The number of rotatable bonds is 1. The molecule has 3 nitrogen and oxygen atoms in total. The SMILES string of the molecule is CC(=O)c1cc(C)cc2c(=O)c3ccccc3n(C)c12. The molecular formula is C17H15NO2. The smallest absolute Gasteiger partial charge is 0.197 e. The topological polar surface area (TPSA) is 39.1 Å². The number of hydrogen-bond acceptors (Lipinski definition) is 2. The van der Waals surface area contributed by atoms with Crippen LogP contribution in [0.15, 0.2) is 41.2 Å². The van der Waals surface area contributed by atoms with Crippen LogP contribution in [0.4, 0.5) is 0 Å². The summed E-state index contributed by atoms with van der Waals surface area (Å²) in [4.78, 5) is 24.5. The molecule has 0 fully saturated rings. The molecule has 3 heteroatoms. The van der Waals surface area contributed by atoms with Crippen molar-refractivity contribution in [3.63, 3.8) is 0 Å².